The van der Waals surface area contributed by atoms with Crippen LogP contribution in [0.1, 0.15) is 25.0 Å². The van der Waals surface area contributed by atoms with E-state index >= 15 is 0 Å². The molecule has 0 aliphatic heterocycles. The first-order chi connectivity index (χ1) is 8.11. The van der Waals surface area contributed by atoms with Gasteiger partial charge >= 0.3 is 0 Å². The highest BCUT2D eigenvalue weighted by Crippen LogP contribution is 2.06. The molecule has 1 aromatic carbocycles. The third-order valence-corrected chi connectivity index (χ3v) is 2.55. The standard InChI is InChI=1S/C14H21N3/c1-12(2)16-7-8-17(3)11-14-6-4-5-13(9-14)10-15/h4-6,9,12,16H,7-8,11H2,1-3H3. The van der Waals surface area contributed by atoms with E-state index in [2.05, 4.69) is 43.2 Å². The lowest BCUT2D eigenvalue weighted by molar-refractivity contribution is 0.320. The van der Waals surface area contributed by atoms with Crippen LogP contribution in [-0.2, 0) is 6.54 Å². The van der Waals surface area contributed by atoms with Gasteiger partial charge in [-0.3, -0.25) is 0 Å². The van der Waals surface area contributed by atoms with Crippen molar-refractivity contribution in [1.29, 1.82) is 5.26 Å². The van der Waals surface area contributed by atoms with Gasteiger partial charge in [0.05, 0.1) is 11.6 Å². The minimum Gasteiger partial charge on any atom is -0.313 e. The number of rotatable bonds is 6. The zero-order chi connectivity index (χ0) is 12.7. The second kappa shape index (κ2) is 7.05. The van der Waals surface area contributed by atoms with Crippen LogP contribution in [0.25, 0.3) is 0 Å². The van der Waals surface area contributed by atoms with Gasteiger partial charge in [-0.05, 0) is 24.7 Å². The summed E-state index contributed by atoms with van der Waals surface area (Å²) in [6.45, 7) is 7.18. The summed E-state index contributed by atoms with van der Waals surface area (Å²) in [7, 11) is 2.10. The predicted molar refractivity (Wildman–Crippen MR) is 70.6 cm³/mol. The summed E-state index contributed by atoms with van der Waals surface area (Å²) in [4.78, 5) is 2.26. The molecule has 0 amide bonds. The third kappa shape index (κ3) is 5.48. The molecule has 0 aliphatic rings. The fourth-order valence-electron chi connectivity index (χ4n) is 1.67. The molecule has 0 heterocycles. The summed E-state index contributed by atoms with van der Waals surface area (Å²) in [5.74, 6) is 0. The van der Waals surface area contributed by atoms with Gasteiger partial charge in [0.1, 0.15) is 0 Å². The molecule has 0 aromatic heterocycles. The third-order valence-electron chi connectivity index (χ3n) is 2.55. The first-order valence-electron chi connectivity index (χ1n) is 6.03. The van der Waals surface area contributed by atoms with Crippen molar-refractivity contribution in [3.8, 4) is 6.07 Å². The van der Waals surface area contributed by atoms with Crippen LogP contribution >= 0.6 is 0 Å². The molecular formula is C14H21N3. The zero-order valence-corrected chi connectivity index (χ0v) is 10.9. The Kier molecular flexibility index (Phi) is 5.68. The summed E-state index contributed by atoms with van der Waals surface area (Å²) in [6.07, 6.45) is 0. The Balaban J connectivity index is 2.39. The van der Waals surface area contributed by atoms with Gasteiger partial charge in [0, 0.05) is 25.7 Å². The fraction of sp³-hybridized carbons (Fsp3) is 0.500. The Labute approximate surface area is 104 Å². The lowest BCUT2D eigenvalue weighted by Crippen LogP contribution is -2.32. The molecule has 92 valence electrons. The molecule has 0 bridgehead atoms. The van der Waals surface area contributed by atoms with E-state index in [0.29, 0.717) is 6.04 Å². The van der Waals surface area contributed by atoms with E-state index in [1.54, 1.807) is 0 Å². The zero-order valence-electron chi connectivity index (χ0n) is 10.9. The Hall–Kier alpha value is -1.37. The summed E-state index contributed by atoms with van der Waals surface area (Å²) in [5.41, 5.74) is 1.92. The van der Waals surface area contributed by atoms with Crippen molar-refractivity contribution in [2.45, 2.75) is 26.4 Å². The Morgan fingerprint density at radius 1 is 1.41 bits per heavy atom. The van der Waals surface area contributed by atoms with Crippen LogP contribution in [0.5, 0.6) is 0 Å². The highest BCUT2D eigenvalue weighted by atomic mass is 15.1. The molecule has 0 fully saturated rings. The van der Waals surface area contributed by atoms with Crippen molar-refractivity contribution in [1.82, 2.24) is 10.2 Å². The molecule has 0 unspecified atom stereocenters. The number of nitriles is 1. The van der Waals surface area contributed by atoms with E-state index in [1.807, 2.05) is 18.2 Å². The lowest BCUT2D eigenvalue weighted by Gasteiger charge is -2.18. The van der Waals surface area contributed by atoms with Gasteiger partial charge in [0.2, 0.25) is 0 Å². The van der Waals surface area contributed by atoms with Gasteiger partial charge in [-0.1, -0.05) is 26.0 Å². The number of hydrogen-bond acceptors (Lipinski definition) is 3. The molecule has 3 heteroatoms. The van der Waals surface area contributed by atoms with Gasteiger partial charge in [-0.15, -0.1) is 0 Å². The van der Waals surface area contributed by atoms with Gasteiger partial charge < -0.3 is 10.2 Å². The average Bonchev–Trinajstić information content (AvgIpc) is 2.28. The quantitative estimate of drug-likeness (QED) is 0.813. The van der Waals surface area contributed by atoms with Crippen molar-refractivity contribution >= 4 is 0 Å². The molecule has 0 saturated heterocycles. The summed E-state index contributed by atoms with van der Waals surface area (Å²) < 4.78 is 0. The van der Waals surface area contributed by atoms with Gasteiger partial charge in [-0.2, -0.15) is 5.26 Å². The van der Waals surface area contributed by atoms with Crippen molar-refractivity contribution in [2.75, 3.05) is 20.1 Å². The minimum atomic E-state index is 0.533. The second-order valence-corrected chi connectivity index (χ2v) is 4.66. The van der Waals surface area contributed by atoms with Gasteiger partial charge in [-0.25, -0.2) is 0 Å². The molecule has 0 spiro atoms. The van der Waals surface area contributed by atoms with Crippen LogP contribution < -0.4 is 5.32 Å². The van der Waals surface area contributed by atoms with Gasteiger partial charge in [0.15, 0.2) is 0 Å². The maximum Gasteiger partial charge on any atom is 0.0991 e. The molecule has 0 saturated carbocycles. The van der Waals surface area contributed by atoms with Crippen molar-refractivity contribution in [3.63, 3.8) is 0 Å². The first kappa shape index (κ1) is 13.7. The van der Waals surface area contributed by atoms with E-state index in [-0.39, 0.29) is 0 Å². The van der Waals surface area contributed by atoms with Crippen LogP contribution in [0.15, 0.2) is 24.3 Å². The first-order valence-corrected chi connectivity index (χ1v) is 6.03. The van der Waals surface area contributed by atoms with Crippen LogP contribution in [0, 0.1) is 11.3 Å². The normalized spacial score (nSPS) is 10.8. The molecule has 1 aromatic rings. The Bertz CT molecular complexity index is 379. The maximum absolute atomic E-state index is 8.83. The second-order valence-electron chi connectivity index (χ2n) is 4.66. The average molecular weight is 231 g/mol. The van der Waals surface area contributed by atoms with Crippen molar-refractivity contribution in [3.05, 3.63) is 35.4 Å². The summed E-state index contributed by atoms with van der Waals surface area (Å²) >= 11 is 0. The van der Waals surface area contributed by atoms with E-state index in [9.17, 15) is 0 Å². The van der Waals surface area contributed by atoms with Crippen LogP contribution in [0.3, 0.4) is 0 Å². The van der Waals surface area contributed by atoms with E-state index < -0.39 is 0 Å². The van der Waals surface area contributed by atoms with Crippen LogP contribution in [0.4, 0.5) is 0 Å². The van der Waals surface area contributed by atoms with Crippen molar-refractivity contribution < 1.29 is 0 Å². The Morgan fingerprint density at radius 2 is 2.18 bits per heavy atom. The van der Waals surface area contributed by atoms with Crippen molar-refractivity contribution in [2.24, 2.45) is 0 Å². The monoisotopic (exact) mass is 231 g/mol. The molecule has 3 nitrogen and oxygen atoms in total. The molecule has 0 radical (unpaired) electrons. The smallest absolute Gasteiger partial charge is 0.0991 e. The highest BCUT2D eigenvalue weighted by Gasteiger charge is 2.01. The Morgan fingerprint density at radius 3 is 2.82 bits per heavy atom. The van der Waals surface area contributed by atoms with E-state index in [0.717, 1.165) is 25.2 Å². The summed E-state index contributed by atoms with van der Waals surface area (Å²) in [5, 5.41) is 12.2. The number of nitrogens with one attached hydrogen (secondary N) is 1. The molecular weight excluding hydrogens is 210 g/mol. The topological polar surface area (TPSA) is 39.1 Å². The highest BCUT2D eigenvalue weighted by molar-refractivity contribution is 5.32. The fourth-order valence-corrected chi connectivity index (χ4v) is 1.67. The van der Waals surface area contributed by atoms with Crippen LogP contribution in [0.2, 0.25) is 0 Å². The predicted octanol–water partition coefficient (Wildman–Crippen LogP) is 1.99. The van der Waals surface area contributed by atoms with E-state index in [4.69, 9.17) is 5.26 Å². The number of hydrogen-bond donors (Lipinski definition) is 1. The number of likely N-dealkylation sites (N-methyl/N-ethyl adjacent to an activating group) is 1. The van der Waals surface area contributed by atoms with E-state index in [1.165, 1.54) is 5.56 Å². The largest absolute Gasteiger partial charge is 0.313 e. The lowest BCUT2D eigenvalue weighted by atomic mass is 10.1. The maximum atomic E-state index is 8.83. The van der Waals surface area contributed by atoms with Gasteiger partial charge in [0.25, 0.3) is 0 Å². The van der Waals surface area contributed by atoms with Crippen LogP contribution in [-0.4, -0.2) is 31.1 Å². The summed E-state index contributed by atoms with van der Waals surface area (Å²) in [6, 6.07) is 10.5. The molecule has 1 rings (SSSR count). The number of nitrogens with zero attached hydrogens (tertiary/aromatic N) is 2. The molecule has 17 heavy (non-hydrogen) atoms. The SMILES string of the molecule is CC(C)NCCN(C)Cc1cccc(C#N)c1. The minimum absolute atomic E-state index is 0.533. The molecule has 1 N–H and O–H groups in total. The molecule has 0 atom stereocenters. The molecule has 0 aliphatic carbocycles. The number of benzene rings is 1.